The molecule has 6 heteroatoms. The lowest BCUT2D eigenvalue weighted by atomic mass is 10.1. The minimum atomic E-state index is -0.698. The van der Waals surface area contributed by atoms with Crippen molar-refractivity contribution in [2.45, 2.75) is 27.3 Å². The lowest BCUT2D eigenvalue weighted by molar-refractivity contribution is 0.101. The fourth-order valence-corrected chi connectivity index (χ4v) is 2.90. The van der Waals surface area contributed by atoms with Crippen LogP contribution in [0.5, 0.6) is 5.75 Å². The Hall–Kier alpha value is -3.15. The van der Waals surface area contributed by atoms with Crippen LogP contribution in [0.1, 0.15) is 34.1 Å². The number of aromatic hydroxyl groups is 1. The summed E-state index contributed by atoms with van der Waals surface area (Å²) in [6, 6.07) is 8.25. The van der Waals surface area contributed by atoms with E-state index in [0.29, 0.717) is 22.2 Å². The Bertz CT molecular complexity index is 1120. The predicted octanol–water partition coefficient (Wildman–Crippen LogP) is 2.53. The van der Waals surface area contributed by atoms with Gasteiger partial charge in [-0.1, -0.05) is 12.1 Å². The smallest absolute Gasteiger partial charge is 0.345 e. The Morgan fingerprint density at radius 1 is 1.20 bits per heavy atom. The number of fused-ring (bicyclic) bond motifs is 1. The number of hydrogen-bond acceptors (Lipinski definition) is 5. The maximum absolute atomic E-state index is 12.6. The summed E-state index contributed by atoms with van der Waals surface area (Å²) >= 11 is 0. The van der Waals surface area contributed by atoms with Crippen molar-refractivity contribution in [1.82, 2.24) is 4.57 Å². The highest BCUT2D eigenvalue weighted by atomic mass is 16.4. The second-order valence-corrected chi connectivity index (χ2v) is 5.98. The molecule has 0 fully saturated rings. The molecule has 1 N–H and O–H groups in total. The third kappa shape index (κ3) is 2.76. The molecule has 0 aliphatic carbocycles. The summed E-state index contributed by atoms with van der Waals surface area (Å²) in [5.41, 5.74) is 0.386. The van der Waals surface area contributed by atoms with Crippen LogP contribution in [-0.2, 0) is 6.54 Å². The highest BCUT2D eigenvalue weighted by Crippen LogP contribution is 2.26. The fraction of sp³-hybridized carbons (Fsp3) is 0.211. The molecule has 0 bridgehead atoms. The van der Waals surface area contributed by atoms with Gasteiger partial charge >= 0.3 is 5.63 Å². The zero-order valence-electron chi connectivity index (χ0n) is 14.1. The minimum absolute atomic E-state index is 0.00104. The monoisotopic (exact) mass is 339 g/mol. The lowest BCUT2D eigenvalue weighted by Crippen LogP contribution is -2.28. The van der Waals surface area contributed by atoms with Gasteiger partial charge in [0.1, 0.15) is 11.3 Å². The second-order valence-electron chi connectivity index (χ2n) is 5.98. The van der Waals surface area contributed by atoms with Crippen LogP contribution in [0.25, 0.3) is 11.0 Å². The molecule has 0 aliphatic heterocycles. The van der Waals surface area contributed by atoms with Gasteiger partial charge in [0.05, 0.1) is 17.5 Å². The van der Waals surface area contributed by atoms with E-state index in [1.165, 1.54) is 11.5 Å². The number of pyridine rings is 1. The van der Waals surface area contributed by atoms with Crippen LogP contribution in [0.4, 0.5) is 0 Å². The fourth-order valence-electron chi connectivity index (χ4n) is 2.90. The van der Waals surface area contributed by atoms with E-state index in [4.69, 9.17) is 4.42 Å². The standard InChI is InChI=1S/C19H17NO5/c1-10-8-14(12(3)21)11(2)18(23)20(10)9-15-17(22)13-6-4-5-7-16(13)25-19(15)24/h4-8,22H,9H2,1-3H3. The van der Waals surface area contributed by atoms with Crippen LogP contribution in [0.15, 0.2) is 44.3 Å². The van der Waals surface area contributed by atoms with Gasteiger partial charge in [-0.2, -0.15) is 0 Å². The highest BCUT2D eigenvalue weighted by molar-refractivity contribution is 5.95. The summed E-state index contributed by atoms with van der Waals surface area (Å²) in [7, 11) is 0. The number of nitrogens with zero attached hydrogens (tertiary/aromatic N) is 1. The van der Waals surface area contributed by atoms with Gasteiger partial charge < -0.3 is 14.1 Å². The number of carbonyl (C=O) groups is 1. The number of hydrogen-bond donors (Lipinski definition) is 1. The molecule has 128 valence electrons. The molecule has 0 aliphatic rings. The number of para-hydroxylation sites is 1. The van der Waals surface area contributed by atoms with E-state index in [1.54, 1.807) is 44.2 Å². The average molecular weight is 339 g/mol. The van der Waals surface area contributed by atoms with Crippen molar-refractivity contribution in [2.24, 2.45) is 0 Å². The van der Waals surface area contributed by atoms with E-state index in [1.807, 2.05) is 0 Å². The number of benzene rings is 1. The van der Waals surface area contributed by atoms with Gasteiger partial charge in [-0.05, 0) is 39.0 Å². The molecule has 0 spiro atoms. The van der Waals surface area contributed by atoms with Crippen molar-refractivity contribution in [3.05, 3.63) is 73.5 Å². The Labute approximate surface area is 143 Å². The molecule has 2 aromatic heterocycles. The summed E-state index contributed by atoms with van der Waals surface area (Å²) < 4.78 is 6.58. The quantitative estimate of drug-likeness (QED) is 0.585. The molecule has 0 radical (unpaired) electrons. The zero-order valence-corrected chi connectivity index (χ0v) is 14.1. The van der Waals surface area contributed by atoms with Gasteiger partial charge in [0, 0.05) is 16.8 Å². The van der Waals surface area contributed by atoms with Crippen LogP contribution in [0, 0.1) is 13.8 Å². The topological polar surface area (TPSA) is 89.5 Å². The second kappa shape index (κ2) is 6.05. The molecule has 2 heterocycles. The first-order valence-corrected chi connectivity index (χ1v) is 7.77. The Kier molecular flexibility index (Phi) is 4.04. The van der Waals surface area contributed by atoms with Crippen LogP contribution in [-0.4, -0.2) is 15.5 Å². The van der Waals surface area contributed by atoms with E-state index in [2.05, 4.69) is 0 Å². The summed E-state index contributed by atoms with van der Waals surface area (Å²) in [5, 5.41) is 10.9. The largest absolute Gasteiger partial charge is 0.507 e. The van der Waals surface area contributed by atoms with Crippen molar-refractivity contribution in [2.75, 3.05) is 0 Å². The highest BCUT2D eigenvalue weighted by Gasteiger charge is 2.18. The summed E-state index contributed by atoms with van der Waals surface area (Å²) in [5.74, 6) is -0.399. The van der Waals surface area contributed by atoms with Crippen molar-refractivity contribution >= 4 is 16.8 Å². The number of aryl methyl sites for hydroxylation is 1. The SMILES string of the molecule is CC(=O)c1cc(C)n(Cc2c(O)c3ccccc3oc2=O)c(=O)c1C. The van der Waals surface area contributed by atoms with Crippen molar-refractivity contribution in [3.8, 4) is 5.75 Å². The molecule has 0 saturated carbocycles. The molecule has 25 heavy (non-hydrogen) atoms. The minimum Gasteiger partial charge on any atom is -0.507 e. The normalized spacial score (nSPS) is 11.0. The molecular weight excluding hydrogens is 322 g/mol. The molecule has 6 nitrogen and oxygen atoms in total. The van der Waals surface area contributed by atoms with E-state index < -0.39 is 5.63 Å². The van der Waals surface area contributed by atoms with Crippen molar-refractivity contribution in [1.29, 1.82) is 0 Å². The van der Waals surface area contributed by atoms with E-state index in [-0.39, 0.29) is 34.8 Å². The maximum Gasteiger partial charge on any atom is 0.345 e. The number of Topliss-reactive ketones (excluding diaryl/α,β-unsaturated/α-hetero) is 1. The third-order valence-electron chi connectivity index (χ3n) is 4.32. The first-order chi connectivity index (χ1) is 11.8. The molecule has 1 aromatic carbocycles. The Balaban J connectivity index is 2.21. The molecule has 0 saturated heterocycles. The summed E-state index contributed by atoms with van der Waals surface area (Å²) in [6.45, 7) is 4.50. The van der Waals surface area contributed by atoms with Gasteiger partial charge in [0.25, 0.3) is 5.56 Å². The molecular formula is C19H17NO5. The predicted molar refractivity (Wildman–Crippen MR) is 93.4 cm³/mol. The van der Waals surface area contributed by atoms with E-state index in [9.17, 15) is 19.5 Å². The third-order valence-corrected chi connectivity index (χ3v) is 4.32. The molecule has 0 amide bonds. The van der Waals surface area contributed by atoms with Crippen LogP contribution in [0.3, 0.4) is 0 Å². The van der Waals surface area contributed by atoms with Crippen LogP contribution >= 0.6 is 0 Å². The van der Waals surface area contributed by atoms with Gasteiger partial charge in [-0.25, -0.2) is 4.79 Å². The van der Waals surface area contributed by atoms with E-state index >= 15 is 0 Å². The lowest BCUT2D eigenvalue weighted by Gasteiger charge is -2.14. The Morgan fingerprint density at radius 3 is 2.56 bits per heavy atom. The molecule has 3 rings (SSSR count). The number of rotatable bonds is 3. The van der Waals surface area contributed by atoms with Crippen LogP contribution < -0.4 is 11.2 Å². The summed E-state index contributed by atoms with van der Waals surface area (Å²) in [6.07, 6.45) is 0. The number of carbonyl (C=O) groups excluding carboxylic acids is 1. The maximum atomic E-state index is 12.6. The van der Waals surface area contributed by atoms with Crippen molar-refractivity contribution < 1.29 is 14.3 Å². The molecule has 0 atom stereocenters. The molecule has 3 aromatic rings. The Morgan fingerprint density at radius 2 is 1.88 bits per heavy atom. The van der Waals surface area contributed by atoms with Gasteiger partial charge in [-0.3, -0.25) is 9.59 Å². The van der Waals surface area contributed by atoms with Gasteiger partial charge in [0.15, 0.2) is 5.78 Å². The molecule has 0 unspecified atom stereocenters. The van der Waals surface area contributed by atoms with Crippen LogP contribution in [0.2, 0.25) is 0 Å². The summed E-state index contributed by atoms with van der Waals surface area (Å²) in [4.78, 5) is 36.5. The average Bonchev–Trinajstić information content (AvgIpc) is 2.57. The van der Waals surface area contributed by atoms with Gasteiger partial charge in [0.2, 0.25) is 0 Å². The zero-order chi connectivity index (χ0) is 18.3. The number of ketones is 1. The van der Waals surface area contributed by atoms with Crippen molar-refractivity contribution in [3.63, 3.8) is 0 Å². The van der Waals surface area contributed by atoms with Gasteiger partial charge in [-0.15, -0.1) is 0 Å². The number of aromatic nitrogens is 1. The first kappa shape index (κ1) is 16.7. The van der Waals surface area contributed by atoms with E-state index in [0.717, 1.165) is 0 Å². The first-order valence-electron chi connectivity index (χ1n) is 7.77.